The topological polar surface area (TPSA) is 74.6 Å². The number of benzene rings is 2. The third-order valence-electron chi connectivity index (χ3n) is 3.42. The van der Waals surface area contributed by atoms with E-state index in [4.69, 9.17) is 5.11 Å². The molecule has 0 aromatic heterocycles. The van der Waals surface area contributed by atoms with Crippen molar-refractivity contribution in [3.63, 3.8) is 0 Å². The normalized spacial score (nSPS) is 11.9. The van der Waals surface area contributed by atoms with Crippen molar-refractivity contribution in [3.8, 4) is 0 Å². The molecule has 2 N–H and O–H groups in total. The van der Waals surface area contributed by atoms with E-state index < -0.39 is 17.9 Å². The van der Waals surface area contributed by atoms with Gasteiger partial charge >= 0.3 is 11.9 Å². The molecule has 0 spiro atoms. The number of carboxylic acids is 2. The van der Waals surface area contributed by atoms with Gasteiger partial charge in [-0.15, -0.1) is 0 Å². The Morgan fingerprint density at radius 2 is 1.52 bits per heavy atom. The Hall–Kier alpha value is -2.62. The third-order valence-corrected chi connectivity index (χ3v) is 3.42. The van der Waals surface area contributed by atoms with E-state index in [9.17, 15) is 14.7 Å². The fraction of sp³-hybridized carbons (Fsp3) is 0.176. The van der Waals surface area contributed by atoms with E-state index in [0.717, 1.165) is 11.1 Å². The lowest BCUT2D eigenvalue weighted by molar-refractivity contribution is -0.138. The molecule has 1 unspecified atom stereocenters. The van der Waals surface area contributed by atoms with E-state index in [1.165, 1.54) is 12.1 Å². The van der Waals surface area contributed by atoms with E-state index in [1.54, 1.807) is 12.1 Å². The van der Waals surface area contributed by atoms with Gasteiger partial charge < -0.3 is 10.2 Å². The first-order valence-electron chi connectivity index (χ1n) is 6.59. The predicted molar refractivity (Wildman–Crippen MR) is 78.7 cm³/mol. The van der Waals surface area contributed by atoms with Crippen LogP contribution in [0.3, 0.4) is 0 Å². The molecule has 0 fully saturated rings. The number of aliphatic carboxylic acids is 1. The van der Waals surface area contributed by atoms with E-state index >= 15 is 0 Å². The lowest BCUT2D eigenvalue weighted by Gasteiger charge is -2.13. The SMILES string of the molecule is Cc1ccc(CC(C(=O)O)c2ccc(C(=O)O)cc2)cc1. The first kappa shape index (κ1) is 14.8. The molecule has 21 heavy (non-hydrogen) atoms. The van der Waals surface area contributed by atoms with Gasteiger partial charge in [-0.25, -0.2) is 4.79 Å². The van der Waals surface area contributed by atoms with Crippen LogP contribution < -0.4 is 0 Å². The maximum Gasteiger partial charge on any atom is 0.335 e. The Kier molecular flexibility index (Phi) is 4.38. The Balaban J connectivity index is 2.24. The predicted octanol–water partition coefficient (Wildman–Crippen LogP) is 3.10. The molecular formula is C17H16O4. The van der Waals surface area contributed by atoms with Crippen molar-refractivity contribution in [2.45, 2.75) is 19.3 Å². The molecule has 2 aromatic carbocycles. The summed E-state index contributed by atoms with van der Waals surface area (Å²) in [6.45, 7) is 1.98. The van der Waals surface area contributed by atoms with Gasteiger partial charge in [0.2, 0.25) is 0 Å². The van der Waals surface area contributed by atoms with Crippen LogP contribution in [0, 0.1) is 6.92 Å². The molecule has 0 amide bonds. The molecule has 0 aliphatic carbocycles. The van der Waals surface area contributed by atoms with Crippen LogP contribution in [-0.4, -0.2) is 22.2 Å². The second kappa shape index (κ2) is 6.22. The second-order valence-corrected chi connectivity index (χ2v) is 5.01. The molecule has 0 saturated heterocycles. The summed E-state index contributed by atoms with van der Waals surface area (Å²) < 4.78 is 0. The highest BCUT2D eigenvalue weighted by molar-refractivity contribution is 5.87. The van der Waals surface area contributed by atoms with Crippen LogP contribution in [0.4, 0.5) is 0 Å². The summed E-state index contributed by atoms with van der Waals surface area (Å²) in [6.07, 6.45) is 0.377. The largest absolute Gasteiger partial charge is 0.481 e. The quantitative estimate of drug-likeness (QED) is 0.884. The Labute approximate surface area is 122 Å². The van der Waals surface area contributed by atoms with Gasteiger partial charge in [0.05, 0.1) is 11.5 Å². The number of rotatable bonds is 5. The van der Waals surface area contributed by atoms with Gasteiger partial charge in [-0.05, 0) is 36.6 Å². The summed E-state index contributed by atoms with van der Waals surface area (Å²) in [5.41, 5.74) is 2.82. The Morgan fingerprint density at radius 3 is 2.00 bits per heavy atom. The van der Waals surface area contributed by atoms with E-state index in [-0.39, 0.29) is 5.56 Å². The molecule has 0 aliphatic heterocycles. The molecule has 4 heteroatoms. The van der Waals surface area contributed by atoms with Crippen molar-refractivity contribution in [2.24, 2.45) is 0 Å². The molecule has 108 valence electrons. The molecule has 0 aliphatic rings. The number of aryl methyl sites for hydroxylation is 1. The maximum absolute atomic E-state index is 11.5. The van der Waals surface area contributed by atoms with Crippen LogP contribution in [0.1, 0.15) is 33.0 Å². The number of hydrogen-bond acceptors (Lipinski definition) is 2. The smallest absolute Gasteiger partial charge is 0.335 e. The first-order chi connectivity index (χ1) is 9.97. The molecule has 2 aromatic rings. The average Bonchev–Trinajstić information content (AvgIpc) is 2.46. The van der Waals surface area contributed by atoms with Gasteiger partial charge in [0.15, 0.2) is 0 Å². The first-order valence-corrected chi connectivity index (χ1v) is 6.59. The fourth-order valence-electron chi connectivity index (χ4n) is 2.17. The highest BCUT2D eigenvalue weighted by atomic mass is 16.4. The Bertz CT molecular complexity index is 641. The molecule has 1 atom stereocenters. The van der Waals surface area contributed by atoms with Gasteiger partial charge in [-0.3, -0.25) is 4.79 Å². The standard InChI is InChI=1S/C17H16O4/c1-11-2-4-12(5-3-11)10-15(17(20)21)13-6-8-14(9-7-13)16(18)19/h2-9,15H,10H2,1H3,(H,18,19)(H,20,21). The van der Waals surface area contributed by atoms with Crippen molar-refractivity contribution >= 4 is 11.9 Å². The molecule has 2 rings (SSSR count). The summed E-state index contributed by atoms with van der Waals surface area (Å²) in [5.74, 6) is -2.62. The fourth-order valence-corrected chi connectivity index (χ4v) is 2.17. The van der Waals surface area contributed by atoms with Gasteiger partial charge in [0.1, 0.15) is 0 Å². The molecule has 0 bridgehead atoms. The zero-order valence-corrected chi connectivity index (χ0v) is 11.6. The highest BCUT2D eigenvalue weighted by Gasteiger charge is 2.20. The van der Waals surface area contributed by atoms with Crippen molar-refractivity contribution in [2.75, 3.05) is 0 Å². The Morgan fingerprint density at radius 1 is 0.952 bits per heavy atom. The number of aromatic carboxylic acids is 1. The summed E-state index contributed by atoms with van der Waals surface area (Å²) in [5, 5.41) is 18.3. The maximum atomic E-state index is 11.5. The van der Waals surface area contributed by atoms with E-state index in [0.29, 0.717) is 12.0 Å². The van der Waals surface area contributed by atoms with Crippen LogP contribution in [0.5, 0.6) is 0 Å². The number of carboxylic acid groups (broad SMARTS) is 2. The highest BCUT2D eigenvalue weighted by Crippen LogP contribution is 2.22. The summed E-state index contributed by atoms with van der Waals surface area (Å²) >= 11 is 0. The van der Waals surface area contributed by atoms with Crippen LogP contribution >= 0.6 is 0 Å². The van der Waals surface area contributed by atoms with Crippen LogP contribution in [0.15, 0.2) is 48.5 Å². The van der Waals surface area contributed by atoms with Crippen LogP contribution in [0.25, 0.3) is 0 Å². The molecule has 0 heterocycles. The minimum absolute atomic E-state index is 0.151. The average molecular weight is 284 g/mol. The van der Waals surface area contributed by atoms with Gasteiger partial charge in [0, 0.05) is 0 Å². The summed E-state index contributed by atoms with van der Waals surface area (Å²) in [7, 11) is 0. The van der Waals surface area contributed by atoms with Gasteiger partial charge in [-0.2, -0.15) is 0 Å². The lowest BCUT2D eigenvalue weighted by atomic mass is 9.91. The zero-order chi connectivity index (χ0) is 15.4. The zero-order valence-electron chi connectivity index (χ0n) is 11.6. The molecule has 0 radical (unpaired) electrons. The summed E-state index contributed by atoms with van der Waals surface area (Å²) in [6, 6.07) is 13.7. The summed E-state index contributed by atoms with van der Waals surface area (Å²) in [4.78, 5) is 22.3. The molecular weight excluding hydrogens is 268 g/mol. The van der Waals surface area contributed by atoms with Crippen molar-refractivity contribution in [1.82, 2.24) is 0 Å². The molecule has 0 saturated carbocycles. The van der Waals surface area contributed by atoms with Crippen LogP contribution in [-0.2, 0) is 11.2 Å². The minimum Gasteiger partial charge on any atom is -0.481 e. The van der Waals surface area contributed by atoms with Gasteiger partial charge in [-0.1, -0.05) is 42.0 Å². The van der Waals surface area contributed by atoms with E-state index in [2.05, 4.69) is 0 Å². The van der Waals surface area contributed by atoms with Crippen LogP contribution in [0.2, 0.25) is 0 Å². The molecule has 4 nitrogen and oxygen atoms in total. The van der Waals surface area contributed by atoms with E-state index in [1.807, 2.05) is 31.2 Å². The monoisotopic (exact) mass is 284 g/mol. The third kappa shape index (κ3) is 3.69. The van der Waals surface area contributed by atoms with Crippen molar-refractivity contribution < 1.29 is 19.8 Å². The van der Waals surface area contributed by atoms with Gasteiger partial charge in [0.25, 0.3) is 0 Å². The number of hydrogen-bond donors (Lipinski definition) is 2. The van der Waals surface area contributed by atoms with Crippen molar-refractivity contribution in [3.05, 3.63) is 70.8 Å². The van der Waals surface area contributed by atoms with Crippen molar-refractivity contribution in [1.29, 1.82) is 0 Å². The second-order valence-electron chi connectivity index (χ2n) is 5.01. The number of carbonyl (C=O) groups is 2. The lowest BCUT2D eigenvalue weighted by Crippen LogP contribution is -2.14. The minimum atomic E-state index is -1.02.